The van der Waals surface area contributed by atoms with E-state index in [-0.39, 0.29) is 6.04 Å². The Bertz CT molecular complexity index is 1030. The highest BCUT2D eigenvalue weighted by atomic mass is 16.5. The summed E-state index contributed by atoms with van der Waals surface area (Å²) >= 11 is 0. The Kier molecular flexibility index (Phi) is 8.00. The number of rotatable bonds is 10. The summed E-state index contributed by atoms with van der Waals surface area (Å²) in [5, 5.41) is 12.9. The molecule has 0 bridgehead atoms. The predicted molar refractivity (Wildman–Crippen MR) is 133 cm³/mol. The fourth-order valence-electron chi connectivity index (χ4n) is 4.68. The number of benzene rings is 2. The topological polar surface area (TPSA) is 68.5 Å². The van der Waals surface area contributed by atoms with Crippen molar-refractivity contribution in [3.05, 3.63) is 59.9 Å². The molecule has 34 heavy (non-hydrogen) atoms. The molecule has 1 fully saturated rings. The van der Waals surface area contributed by atoms with Crippen LogP contribution in [0.3, 0.4) is 0 Å². The highest BCUT2D eigenvalue weighted by Crippen LogP contribution is 2.30. The van der Waals surface area contributed by atoms with Crippen molar-refractivity contribution in [1.82, 2.24) is 25.1 Å². The third-order valence-electron chi connectivity index (χ3n) is 6.49. The van der Waals surface area contributed by atoms with Crippen LogP contribution in [-0.2, 0) is 13.0 Å². The molecule has 0 amide bonds. The molecule has 2 aromatic carbocycles. The van der Waals surface area contributed by atoms with Crippen molar-refractivity contribution in [1.29, 1.82) is 0 Å². The Morgan fingerprint density at radius 2 is 1.65 bits per heavy atom. The van der Waals surface area contributed by atoms with Crippen molar-refractivity contribution < 1.29 is 9.47 Å². The molecule has 1 aliphatic heterocycles. The molecule has 4 rings (SSSR count). The van der Waals surface area contributed by atoms with Gasteiger partial charge in [-0.15, -0.1) is 5.10 Å². The minimum absolute atomic E-state index is 0.207. The van der Waals surface area contributed by atoms with Gasteiger partial charge in [0.05, 0.1) is 20.3 Å². The molecule has 0 radical (unpaired) electrons. The molecule has 1 atom stereocenters. The standard InChI is InChI=1S/C26H36N6O2/c1-20(2)18-23(31-16-14-30(15-17-31)22-8-6-5-7-9-22)26-27-28-29-32(26)13-12-21-10-11-24(33-3)25(19-21)34-4/h5-11,19-20,23H,12-18H2,1-4H3/t23-/m1/s1. The zero-order chi connectivity index (χ0) is 23.9. The summed E-state index contributed by atoms with van der Waals surface area (Å²) in [5.74, 6) is 2.99. The summed E-state index contributed by atoms with van der Waals surface area (Å²) in [6.07, 6.45) is 1.84. The summed E-state index contributed by atoms with van der Waals surface area (Å²) in [7, 11) is 3.31. The molecule has 0 spiro atoms. The molecule has 2 heterocycles. The first-order chi connectivity index (χ1) is 16.6. The van der Waals surface area contributed by atoms with Gasteiger partial charge >= 0.3 is 0 Å². The minimum Gasteiger partial charge on any atom is -0.493 e. The predicted octanol–water partition coefficient (Wildman–Crippen LogP) is 3.84. The molecular weight excluding hydrogens is 428 g/mol. The van der Waals surface area contributed by atoms with Crippen LogP contribution in [0.1, 0.15) is 37.7 Å². The lowest BCUT2D eigenvalue weighted by molar-refractivity contribution is 0.152. The third-order valence-corrected chi connectivity index (χ3v) is 6.49. The molecule has 0 unspecified atom stereocenters. The van der Waals surface area contributed by atoms with E-state index in [2.05, 4.69) is 75.6 Å². The normalized spacial score (nSPS) is 15.5. The highest BCUT2D eigenvalue weighted by molar-refractivity contribution is 5.46. The zero-order valence-corrected chi connectivity index (χ0v) is 20.7. The summed E-state index contributed by atoms with van der Waals surface area (Å²) < 4.78 is 12.8. The van der Waals surface area contributed by atoms with Gasteiger partial charge in [-0.25, -0.2) is 4.68 Å². The second kappa shape index (κ2) is 11.3. The summed E-state index contributed by atoms with van der Waals surface area (Å²) in [5.41, 5.74) is 2.46. The Balaban J connectivity index is 1.45. The van der Waals surface area contributed by atoms with E-state index in [4.69, 9.17) is 9.47 Å². The molecule has 0 N–H and O–H groups in total. The second-order valence-corrected chi connectivity index (χ2v) is 9.20. The summed E-state index contributed by atoms with van der Waals surface area (Å²) in [6, 6.07) is 16.9. The van der Waals surface area contributed by atoms with Crippen LogP contribution >= 0.6 is 0 Å². The van der Waals surface area contributed by atoms with E-state index in [9.17, 15) is 0 Å². The van der Waals surface area contributed by atoms with E-state index in [0.717, 1.165) is 68.5 Å². The van der Waals surface area contributed by atoms with Crippen molar-refractivity contribution >= 4 is 5.69 Å². The van der Waals surface area contributed by atoms with Crippen LogP contribution in [0.5, 0.6) is 11.5 Å². The first-order valence-electron chi connectivity index (χ1n) is 12.1. The minimum atomic E-state index is 0.207. The number of tetrazole rings is 1. The van der Waals surface area contributed by atoms with Crippen LogP contribution in [-0.4, -0.2) is 65.5 Å². The Hall–Kier alpha value is -3.13. The van der Waals surface area contributed by atoms with Gasteiger partial charge in [-0.05, 0) is 59.0 Å². The van der Waals surface area contributed by atoms with Crippen molar-refractivity contribution in [3.63, 3.8) is 0 Å². The van der Waals surface area contributed by atoms with Crippen molar-refractivity contribution in [2.24, 2.45) is 5.92 Å². The summed E-state index contributed by atoms with van der Waals surface area (Å²) in [4.78, 5) is 5.01. The van der Waals surface area contributed by atoms with Gasteiger partial charge in [-0.2, -0.15) is 0 Å². The Labute approximate surface area is 202 Å². The van der Waals surface area contributed by atoms with Crippen LogP contribution in [0.25, 0.3) is 0 Å². The number of aromatic nitrogens is 4. The van der Waals surface area contributed by atoms with Crippen molar-refractivity contribution in [2.75, 3.05) is 45.3 Å². The summed E-state index contributed by atoms with van der Waals surface area (Å²) in [6.45, 7) is 9.26. The molecule has 0 saturated carbocycles. The van der Waals surface area contributed by atoms with E-state index < -0.39 is 0 Å². The largest absolute Gasteiger partial charge is 0.493 e. The number of methoxy groups -OCH3 is 2. The maximum atomic E-state index is 5.46. The molecule has 1 aliphatic rings. The maximum Gasteiger partial charge on any atom is 0.168 e. The lowest BCUT2D eigenvalue weighted by atomic mass is 10.0. The molecule has 0 aliphatic carbocycles. The third kappa shape index (κ3) is 5.67. The number of hydrogen-bond donors (Lipinski definition) is 0. The number of hydrogen-bond acceptors (Lipinski definition) is 7. The lowest BCUT2D eigenvalue weighted by Gasteiger charge is -2.40. The molecular formula is C26H36N6O2. The van der Waals surface area contributed by atoms with Crippen molar-refractivity contribution in [2.45, 2.75) is 39.3 Å². The van der Waals surface area contributed by atoms with Gasteiger partial charge in [0.2, 0.25) is 0 Å². The number of anilines is 1. The van der Waals surface area contributed by atoms with Gasteiger partial charge < -0.3 is 14.4 Å². The van der Waals surface area contributed by atoms with Gasteiger partial charge in [0.25, 0.3) is 0 Å². The number of nitrogens with zero attached hydrogens (tertiary/aromatic N) is 6. The Morgan fingerprint density at radius 3 is 2.32 bits per heavy atom. The van der Waals surface area contributed by atoms with Crippen LogP contribution < -0.4 is 14.4 Å². The van der Waals surface area contributed by atoms with E-state index in [1.54, 1.807) is 14.2 Å². The number of ether oxygens (including phenoxy) is 2. The van der Waals surface area contributed by atoms with Crippen LogP contribution in [0.4, 0.5) is 5.69 Å². The fraction of sp³-hybridized carbons (Fsp3) is 0.500. The second-order valence-electron chi connectivity index (χ2n) is 9.20. The number of aryl methyl sites for hydroxylation is 2. The van der Waals surface area contributed by atoms with Gasteiger partial charge in [0.15, 0.2) is 17.3 Å². The Morgan fingerprint density at radius 1 is 0.912 bits per heavy atom. The van der Waals surface area contributed by atoms with Gasteiger partial charge in [0, 0.05) is 38.4 Å². The molecule has 1 saturated heterocycles. The van der Waals surface area contributed by atoms with E-state index >= 15 is 0 Å². The van der Waals surface area contributed by atoms with Crippen LogP contribution in [0.15, 0.2) is 48.5 Å². The number of piperazine rings is 1. The van der Waals surface area contributed by atoms with Gasteiger partial charge in [-0.1, -0.05) is 38.1 Å². The first-order valence-corrected chi connectivity index (χ1v) is 12.1. The molecule has 8 nitrogen and oxygen atoms in total. The smallest absolute Gasteiger partial charge is 0.168 e. The first kappa shape index (κ1) is 24.0. The molecule has 8 heteroatoms. The van der Waals surface area contributed by atoms with E-state index in [1.807, 2.05) is 16.8 Å². The number of para-hydroxylation sites is 1. The van der Waals surface area contributed by atoms with Crippen molar-refractivity contribution in [3.8, 4) is 11.5 Å². The average Bonchev–Trinajstić information content (AvgIpc) is 3.34. The maximum absolute atomic E-state index is 5.46. The molecule has 182 valence electrons. The monoisotopic (exact) mass is 464 g/mol. The van der Waals surface area contributed by atoms with Crippen LogP contribution in [0.2, 0.25) is 0 Å². The van der Waals surface area contributed by atoms with E-state index in [1.165, 1.54) is 5.69 Å². The lowest BCUT2D eigenvalue weighted by Crippen LogP contribution is -2.48. The van der Waals surface area contributed by atoms with E-state index in [0.29, 0.717) is 5.92 Å². The fourth-order valence-corrected chi connectivity index (χ4v) is 4.68. The van der Waals surface area contributed by atoms with Gasteiger partial charge in [-0.3, -0.25) is 4.90 Å². The zero-order valence-electron chi connectivity index (χ0n) is 20.7. The van der Waals surface area contributed by atoms with Crippen LogP contribution in [0, 0.1) is 5.92 Å². The molecule has 3 aromatic rings. The van der Waals surface area contributed by atoms with Gasteiger partial charge in [0.1, 0.15) is 0 Å². The quantitative estimate of drug-likeness (QED) is 0.451. The molecule has 1 aromatic heterocycles. The SMILES string of the molecule is COc1ccc(CCn2nnnc2[C@@H](CC(C)C)N2CCN(c3ccccc3)CC2)cc1OC. The average molecular weight is 465 g/mol. The highest BCUT2D eigenvalue weighted by Gasteiger charge is 2.29.